The van der Waals surface area contributed by atoms with Crippen LogP contribution in [0.1, 0.15) is 19.8 Å². The number of aromatic nitrogens is 1. The molecule has 0 aliphatic heterocycles. The first-order chi connectivity index (χ1) is 12.4. The summed E-state index contributed by atoms with van der Waals surface area (Å²) in [4.78, 5) is 15.9. The number of pyridine rings is 1. The summed E-state index contributed by atoms with van der Waals surface area (Å²) in [5.74, 6) is 0.499. The number of nitrogens with zero attached hydrogens (tertiary/aromatic N) is 2. The Bertz CT molecular complexity index is 808. The normalized spacial score (nSPS) is 11.0. The van der Waals surface area contributed by atoms with Crippen LogP contribution in [-0.4, -0.2) is 38.7 Å². The number of ether oxygens (including phenoxy) is 1. The lowest BCUT2D eigenvalue weighted by Crippen LogP contribution is -2.31. The van der Waals surface area contributed by atoms with Gasteiger partial charge in [0, 0.05) is 19.2 Å². The minimum atomic E-state index is -3.45. The number of anilines is 2. The van der Waals surface area contributed by atoms with Gasteiger partial charge >= 0.3 is 0 Å². The highest BCUT2D eigenvalue weighted by molar-refractivity contribution is 7.92. The second kappa shape index (κ2) is 9.19. The second-order valence-corrected chi connectivity index (χ2v) is 7.56. The summed E-state index contributed by atoms with van der Waals surface area (Å²) in [6.07, 6.45) is 4.93. The first kappa shape index (κ1) is 19.7. The van der Waals surface area contributed by atoms with Gasteiger partial charge in [-0.15, -0.1) is 0 Å². The predicted molar refractivity (Wildman–Crippen MR) is 102 cm³/mol. The Morgan fingerprint density at radius 1 is 1.23 bits per heavy atom. The van der Waals surface area contributed by atoms with Crippen LogP contribution in [0.5, 0.6) is 5.75 Å². The lowest BCUT2D eigenvalue weighted by Gasteiger charge is -2.22. The van der Waals surface area contributed by atoms with Gasteiger partial charge in [0.25, 0.3) is 0 Å². The average molecular weight is 377 g/mol. The zero-order chi connectivity index (χ0) is 19.0. The van der Waals surface area contributed by atoms with Crippen LogP contribution in [0, 0.1) is 0 Å². The Kier molecular flexibility index (Phi) is 6.97. The van der Waals surface area contributed by atoms with Crippen molar-refractivity contribution < 1.29 is 17.9 Å². The number of rotatable bonds is 9. The zero-order valence-corrected chi connectivity index (χ0v) is 15.7. The third-order valence-electron chi connectivity index (χ3n) is 3.55. The van der Waals surface area contributed by atoms with Gasteiger partial charge in [-0.2, -0.15) is 0 Å². The summed E-state index contributed by atoms with van der Waals surface area (Å²) in [6, 6.07) is 10.3. The molecule has 1 heterocycles. The summed E-state index contributed by atoms with van der Waals surface area (Å²) in [7, 11) is -3.45. The fraction of sp³-hybridized carbons (Fsp3) is 0.333. The smallest absolute Gasteiger partial charge is 0.232 e. The van der Waals surface area contributed by atoms with Crippen LogP contribution in [0.2, 0.25) is 0 Å². The van der Waals surface area contributed by atoms with E-state index in [0.29, 0.717) is 30.2 Å². The van der Waals surface area contributed by atoms with Gasteiger partial charge in [-0.1, -0.05) is 0 Å². The molecule has 1 amide bonds. The number of benzene rings is 1. The monoisotopic (exact) mass is 377 g/mol. The quantitative estimate of drug-likeness (QED) is 0.726. The van der Waals surface area contributed by atoms with Gasteiger partial charge in [-0.05, 0) is 49.7 Å². The van der Waals surface area contributed by atoms with E-state index in [9.17, 15) is 13.2 Å². The Morgan fingerprint density at radius 3 is 2.54 bits per heavy atom. The second-order valence-electron chi connectivity index (χ2n) is 5.66. The summed E-state index contributed by atoms with van der Waals surface area (Å²) < 4.78 is 30.9. The van der Waals surface area contributed by atoms with Crippen molar-refractivity contribution in [1.29, 1.82) is 0 Å². The topological polar surface area (TPSA) is 88.6 Å². The Hall–Kier alpha value is -2.61. The summed E-state index contributed by atoms with van der Waals surface area (Å²) in [5, 5.41) is 2.73. The van der Waals surface area contributed by atoms with Crippen molar-refractivity contribution in [1.82, 2.24) is 4.98 Å². The van der Waals surface area contributed by atoms with Crippen LogP contribution in [0.15, 0.2) is 48.8 Å². The molecular weight excluding hydrogens is 354 g/mol. The van der Waals surface area contributed by atoms with Gasteiger partial charge in [0.15, 0.2) is 0 Å². The standard InChI is InChI=1S/C18H23N3O4S/c1-3-25-17-10-8-16(9-11-17)21(26(2,23)24)13-5-7-18(22)20-15-6-4-12-19-14-15/h4,6,8-12,14H,3,5,7,13H2,1-2H3,(H,20,22). The molecule has 2 aromatic rings. The van der Waals surface area contributed by atoms with Crippen LogP contribution in [0.3, 0.4) is 0 Å². The molecule has 1 N–H and O–H groups in total. The molecule has 0 radical (unpaired) electrons. The average Bonchev–Trinajstić information content (AvgIpc) is 2.60. The lowest BCUT2D eigenvalue weighted by atomic mass is 10.2. The Balaban J connectivity index is 1.95. The molecule has 8 heteroatoms. The van der Waals surface area contributed by atoms with Gasteiger partial charge in [0.2, 0.25) is 15.9 Å². The summed E-state index contributed by atoms with van der Waals surface area (Å²) >= 11 is 0. The van der Waals surface area contributed by atoms with Crippen molar-refractivity contribution in [3.05, 3.63) is 48.8 Å². The van der Waals surface area contributed by atoms with Crippen LogP contribution in [-0.2, 0) is 14.8 Å². The van der Waals surface area contributed by atoms with E-state index in [1.54, 1.807) is 48.8 Å². The highest BCUT2D eigenvalue weighted by Gasteiger charge is 2.17. The van der Waals surface area contributed by atoms with E-state index < -0.39 is 10.0 Å². The van der Waals surface area contributed by atoms with E-state index >= 15 is 0 Å². The van der Waals surface area contributed by atoms with Crippen molar-refractivity contribution in [2.45, 2.75) is 19.8 Å². The maximum absolute atomic E-state index is 12.1. The van der Waals surface area contributed by atoms with Crippen molar-refractivity contribution >= 4 is 27.3 Å². The third kappa shape index (κ3) is 6.03. The van der Waals surface area contributed by atoms with E-state index in [2.05, 4.69) is 10.3 Å². The van der Waals surface area contributed by atoms with E-state index in [-0.39, 0.29) is 18.9 Å². The van der Waals surface area contributed by atoms with Crippen molar-refractivity contribution in [3.8, 4) is 5.75 Å². The van der Waals surface area contributed by atoms with E-state index in [1.807, 2.05) is 6.92 Å². The van der Waals surface area contributed by atoms with Gasteiger partial charge in [-0.25, -0.2) is 8.42 Å². The van der Waals surface area contributed by atoms with Gasteiger partial charge in [0.1, 0.15) is 5.75 Å². The number of hydrogen-bond acceptors (Lipinski definition) is 5. The molecule has 1 aromatic heterocycles. The summed E-state index contributed by atoms with van der Waals surface area (Å²) in [5.41, 5.74) is 1.16. The van der Waals surface area contributed by atoms with Crippen molar-refractivity contribution in [2.75, 3.05) is 29.0 Å². The van der Waals surface area contributed by atoms with Crippen LogP contribution in [0.4, 0.5) is 11.4 Å². The molecule has 7 nitrogen and oxygen atoms in total. The molecule has 0 bridgehead atoms. The summed E-state index contributed by atoms with van der Waals surface area (Å²) in [6.45, 7) is 2.64. The van der Waals surface area contributed by atoms with Crippen LogP contribution < -0.4 is 14.4 Å². The minimum absolute atomic E-state index is 0.182. The highest BCUT2D eigenvalue weighted by Crippen LogP contribution is 2.22. The van der Waals surface area contributed by atoms with Crippen LogP contribution >= 0.6 is 0 Å². The van der Waals surface area contributed by atoms with Gasteiger partial charge in [0.05, 0.1) is 30.4 Å². The molecule has 140 valence electrons. The number of amides is 1. The highest BCUT2D eigenvalue weighted by atomic mass is 32.2. The molecule has 0 fully saturated rings. The third-order valence-corrected chi connectivity index (χ3v) is 4.74. The predicted octanol–water partition coefficient (Wildman–Crippen LogP) is 2.67. The van der Waals surface area contributed by atoms with Crippen molar-refractivity contribution in [2.24, 2.45) is 0 Å². The Morgan fingerprint density at radius 2 is 1.96 bits per heavy atom. The number of sulfonamides is 1. The SMILES string of the molecule is CCOc1ccc(N(CCCC(=O)Nc2cccnc2)S(C)(=O)=O)cc1. The molecule has 0 saturated carbocycles. The number of nitrogens with one attached hydrogen (secondary N) is 1. The molecular formula is C18H23N3O4S. The first-order valence-corrected chi connectivity index (χ1v) is 10.2. The maximum Gasteiger partial charge on any atom is 0.232 e. The van der Waals surface area contributed by atoms with E-state index in [4.69, 9.17) is 4.74 Å². The molecule has 0 aliphatic rings. The molecule has 0 unspecified atom stereocenters. The van der Waals surface area contributed by atoms with Gasteiger partial charge < -0.3 is 10.1 Å². The molecule has 1 aromatic carbocycles. The first-order valence-electron chi connectivity index (χ1n) is 8.30. The molecule has 0 aliphatic carbocycles. The molecule has 0 saturated heterocycles. The maximum atomic E-state index is 12.1. The van der Waals surface area contributed by atoms with Gasteiger partial charge in [-0.3, -0.25) is 14.1 Å². The zero-order valence-electron chi connectivity index (χ0n) is 14.9. The van der Waals surface area contributed by atoms with Crippen molar-refractivity contribution in [3.63, 3.8) is 0 Å². The molecule has 0 spiro atoms. The number of hydrogen-bond donors (Lipinski definition) is 1. The largest absolute Gasteiger partial charge is 0.494 e. The van der Waals surface area contributed by atoms with E-state index in [1.165, 1.54) is 4.31 Å². The molecule has 26 heavy (non-hydrogen) atoms. The number of carbonyl (C=O) groups is 1. The fourth-order valence-electron chi connectivity index (χ4n) is 2.41. The number of carbonyl (C=O) groups excluding carboxylic acids is 1. The fourth-order valence-corrected chi connectivity index (χ4v) is 3.37. The molecule has 2 rings (SSSR count). The molecule has 0 atom stereocenters. The lowest BCUT2D eigenvalue weighted by molar-refractivity contribution is -0.116. The Labute approximate surface area is 154 Å². The van der Waals surface area contributed by atoms with E-state index in [0.717, 1.165) is 6.26 Å². The van der Waals surface area contributed by atoms with Crippen LogP contribution in [0.25, 0.3) is 0 Å². The minimum Gasteiger partial charge on any atom is -0.494 e.